The van der Waals surface area contributed by atoms with Gasteiger partial charge in [-0.3, -0.25) is 4.79 Å². The first-order valence-electron chi connectivity index (χ1n) is 6.76. The Morgan fingerprint density at radius 3 is 2.91 bits per heavy atom. The number of carbonyl (C=O) groups excluding carboxylic acids is 1. The third-order valence-corrected chi connectivity index (χ3v) is 4.75. The Kier molecular flexibility index (Phi) is 4.68. The van der Waals surface area contributed by atoms with Gasteiger partial charge in [-0.2, -0.15) is 11.3 Å². The van der Waals surface area contributed by atoms with Crippen molar-refractivity contribution in [3.05, 3.63) is 57.5 Å². The summed E-state index contributed by atoms with van der Waals surface area (Å²) in [5.74, 6) is -0.549. The van der Waals surface area contributed by atoms with Gasteiger partial charge < -0.3 is 10.1 Å². The molecular formula is C16H13FN2O2S2. The average Bonchev–Trinajstić information content (AvgIpc) is 3.23. The molecule has 0 spiro atoms. The monoisotopic (exact) mass is 348 g/mol. The van der Waals surface area contributed by atoms with Crippen LogP contribution in [0.1, 0.15) is 16.1 Å². The van der Waals surface area contributed by atoms with Crippen LogP contribution in [0.2, 0.25) is 0 Å². The largest absolute Gasteiger partial charge is 0.494 e. The number of halogens is 1. The van der Waals surface area contributed by atoms with Crippen LogP contribution >= 0.6 is 22.7 Å². The lowest BCUT2D eigenvalue weighted by Gasteiger charge is -2.06. The Hall–Kier alpha value is -2.25. The van der Waals surface area contributed by atoms with Crippen molar-refractivity contribution in [2.24, 2.45) is 0 Å². The van der Waals surface area contributed by atoms with E-state index in [4.69, 9.17) is 4.74 Å². The van der Waals surface area contributed by atoms with E-state index < -0.39 is 5.82 Å². The number of thiophene rings is 1. The predicted octanol–water partition coefficient (Wildman–Crippen LogP) is 3.95. The molecule has 1 N–H and O–H groups in total. The molecule has 23 heavy (non-hydrogen) atoms. The molecule has 0 aliphatic heterocycles. The fraction of sp³-hybridized carbons (Fsp3) is 0.125. The number of nitrogens with zero attached hydrogens (tertiary/aromatic N) is 1. The van der Waals surface area contributed by atoms with E-state index in [2.05, 4.69) is 10.3 Å². The van der Waals surface area contributed by atoms with Gasteiger partial charge in [-0.1, -0.05) is 6.07 Å². The van der Waals surface area contributed by atoms with Gasteiger partial charge >= 0.3 is 0 Å². The highest BCUT2D eigenvalue weighted by molar-refractivity contribution is 7.14. The van der Waals surface area contributed by atoms with Crippen molar-refractivity contribution in [2.75, 3.05) is 7.11 Å². The maximum Gasteiger partial charge on any atom is 0.271 e. The molecule has 118 valence electrons. The molecular weight excluding hydrogens is 335 g/mol. The smallest absolute Gasteiger partial charge is 0.271 e. The van der Waals surface area contributed by atoms with Crippen LogP contribution < -0.4 is 10.1 Å². The molecule has 2 aromatic heterocycles. The van der Waals surface area contributed by atoms with Gasteiger partial charge in [-0.05, 0) is 29.1 Å². The number of thiazole rings is 1. The van der Waals surface area contributed by atoms with Crippen LogP contribution in [0.25, 0.3) is 10.6 Å². The molecule has 0 unspecified atom stereocenters. The zero-order valence-electron chi connectivity index (χ0n) is 12.2. The summed E-state index contributed by atoms with van der Waals surface area (Å²) in [6, 6.07) is 6.55. The summed E-state index contributed by atoms with van der Waals surface area (Å²) in [5.41, 5.74) is 2.03. The SMILES string of the molecule is COc1ccc(CNC(=O)c2csc(-c3ccsc3)n2)cc1F. The highest BCUT2D eigenvalue weighted by Gasteiger charge is 2.12. The number of hydrogen-bond donors (Lipinski definition) is 1. The summed E-state index contributed by atoms with van der Waals surface area (Å²) in [7, 11) is 1.41. The van der Waals surface area contributed by atoms with Crippen molar-refractivity contribution in [3.63, 3.8) is 0 Å². The van der Waals surface area contributed by atoms with E-state index in [1.807, 2.05) is 16.8 Å². The van der Waals surface area contributed by atoms with Gasteiger partial charge in [0.2, 0.25) is 0 Å². The van der Waals surface area contributed by atoms with Crippen molar-refractivity contribution >= 4 is 28.6 Å². The third-order valence-electron chi connectivity index (χ3n) is 3.17. The van der Waals surface area contributed by atoms with Crippen molar-refractivity contribution in [2.45, 2.75) is 6.54 Å². The molecule has 3 rings (SSSR count). The van der Waals surface area contributed by atoms with Gasteiger partial charge in [0.15, 0.2) is 11.6 Å². The Labute approximate surface area is 140 Å². The van der Waals surface area contributed by atoms with Crippen LogP contribution in [-0.2, 0) is 6.54 Å². The van der Waals surface area contributed by atoms with Crippen molar-refractivity contribution in [3.8, 4) is 16.3 Å². The zero-order valence-corrected chi connectivity index (χ0v) is 13.8. The number of aromatic nitrogens is 1. The number of methoxy groups -OCH3 is 1. The number of amides is 1. The highest BCUT2D eigenvalue weighted by atomic mass is 32.1. The number of ether oxygens (including phenoxy) is 1. The first-order valence-corrected chi connectivity index (χ1v) is 8.58. The van der Waals surface area contributed by atoms with Crippen LogP contribution in [0.4, 0.5) is 4.39 Å². The lowest BCUT2D eigenvalue weighted by atomic mass is 10.2. The number of benzene rings is 1. The molecule has 1 aromatic carbocycles. The maximum absolute atomic E-state index is 13.6. The summed E-state index contributed by atoms with van der Waals surface area (Å²) in [5, 5.41) is 9.22. The van der Waals surface area contributed by atoms with Crippen LogP contribution in [0.3, 0.4) is 0 Å². The topological polar surface area (TPSA) is 51.2 Å². The Morgan fingerprint density at radius 1 is 1.35 bits per heavy atom. The summed E-state index contributed by atoms with van der Waals surface area (Å²) in [4.78, 5) is 16.5. The van der Waals surface area contributed by atoms with Crippen LogP contribution in [0, 0.1) is 5.82 Å². The van der Waals surface area contributed by atoms with Gasteiger partial charge in [0, 0.05) is 22.9 Å². The molecule has 1 amide bonds. The fourth-order valence-corrected chi connectivity index (χ4v) is 3.50. The summed E-state index contributed by atoms with van der Waals surface area (Å²) >= 11 is 3.01. The highest BCUT2D eigenvalue weighted by Crippen LogP contribution is 2.25. The molecule has 3 aromatic rings. The molecule has 0 fully saturated rings. The van der Waals surface area contributed by atoms with Crippen LogP contribution in [0.5, 0.6) is 5.75 Å². The van der Waals surface area contributed by atoms with E-state index in [1.54, 1.807) is 22.8 Å². The molecule has 2 heterocycles. The Bertz CT molecular complexity index is 815. The minimum absolute atomic E-state index is 0.181. The second-order valence-corrected chi connectivity index (χ2v) is 6.34. The predicted molar refractivity (Wildman–Crippen MR) is 89.5 cm³/mol. The summed E-state index contributed by atoms with van der Waals surface area (Å²) in [6.07, 6.45) is 0. The first-order chi connectivity index (χ1) is 11.2. The van der Waals surface area contributed by atoms with Crippen LogP contribution in [-0.4, -0.2) is 18.0 Å². The minimum atomic E-state index is -0.451. The number of hydrogen-bond acceptors (Lipinski definition) is 5. The van der Waals surface area contributed by atoms with E-state index >= 15 is 0 Å². The standard InChI is InChI=1S/C16H13FN2O2S2/c1-21-14-3-2-10(6-12(14)17)7-18-15(20)13-9-23-16(19-13)11-4-5-22-8-11/h2-6,8-9H,7H2,1H3,(H,18,20). The molecule has 0 atom stereocenters. The van der Waals surface area contributed by atoms with E-state index in [1.165, 1.54) is 30.6 Å². The molecule has 0 radical (unpaired) electrons. The summed E-state index contributed by atoms with van der Waals surface area (Å²) < 4.78 is 18.5. The van der Waals surface area contributed by atoms with E-state index in [-0.39, 0.29) is 18.2 Å². The molecule has 0 saturated carbocycles. The Morgan fingerprint density at radius 2 is 2.22 bits per heavy atom. The minimum Gasteiger partial charge on any atom is -0.494 e. The molecule has 0 aliphatic rings. The molecule has 0 aliphatic carbocycles. The lowest BCUT2D eigenvalue weighted by Crippen LogP contribution is -2.23. The first kappa shape index (κ1) is 15.6. The van der Waals surface area contributed by atoms with Crippen molar-refractivity contribution < 1.29 is 13.9 Å². The van der Waals surface area contributed by atoms with Gasteiger partial charge in [0.05, 0.1) is 7.11 Å². The lowest BCUT2D eigenvalue weighted by molar-refractivity contribution is 0.0946. The molecule has 7 heteroatoms. The fourth-order valence-electron chi connectivity index (χ4n) is 1.99. The van der Waals surface area contributed by atoms with Crippen molar-refractivity contribution in [1.82, 2.24) is 10.3 Å². The summed E-state index contributed by atoms with van der Waals surface area (Å²) in [6.45, 7) is 0.227. The average molecular weight is 348 g/mol. The molecule has 0 saturated heterocycles. The van der Waals surface area contributed by atoms with E-state index in [0.717, 1.165) is 10.6 Å². The van der Waals surface area contributed by atoms with Crippen LogP contribution in [0.15, 0.2) is 40.4 Å². The normalized spacial score (nSPS) is 10.5. The maximum atomic E-state index is 13.6. The van der Waals surface area contributed by atoms with E-state index in [0.29, 0.717) is 11.3 Å². The number of nitrogens with one attached hydrogen (secondary N) is 1. The molecule has 0 bridgehead atoms. The Balaban J connectivity index is 1.64. The van der Waals surface area contributed by atoms with Gasteiger partial charge in [0.25, 0.3) is 5.91 Å². The number of carbonyl (C=O) groups is 1. The van der Waals surface area contributed by atoms with Crippen molar-refractivity contribution in [1.29, 1.82) is 0 Å². The van der Waals surface area contributed by atoms with Gasteiger partial charge in [-0.15, -0.1) is 11.3 Å². The quantitative estimate of drug-likeness (QED) is 0.759. The second-order valence-electron chi connectivity index (χ2n) is 4.70. The molecule has 4 nitrogen and oxygen atoms in total. The second kappa shape index (κ2) is 6.89. The number of rotatable bonds is 5. The van der Waals surface area contributed by atoms with Gasteiger partial charge in [0.1, 0.15) is 10.7 Å². The van der Waals surface area contributed by atoms with Gasteiger partial charge in [-0.25, -0.2) is 9.37 Å². The van der Waals surface area contributed by atoms with E-state index in [9.17, 15) is 9.18 Å². The zero-order chi connectivity index (χ0) is 16.2. The third kappa shape index (κ3) is 3.57.